The molecule has 0 aromatic heterocycles. The van der Waals surface area contributed by atoms with Crippen LogP contribution in [0.5, 0.6) is 11.5 Å². The molecule has 2 N–H and O–H groups in total. The Morgan fingerprint density at radius 2 is 1.50 bits per heavy atom. The fourth-order valence-electron chi connectivity index (χ4n) is 2.74. The molecule has 0 radical (unpaired) electrons. The molecule has 3 aromatic rings. The van der Waals surface area contributed by atoms with Gasteiger partial charge in [0.05, 0.1) is 7.11 Å². The first-order chi connectivity index (χ1) is 12.8. The second kappa shape index (κ2) is 9.27. The minimum Gasteiger partial charge on any atom is -0.497 e. The third kappa shape index (κ3) is 5.01. The molecule has 0 fully saturated rings. The number of halogens is 1. The fraction of sp³-hybridized carbons (Fsp3) is 0.182. The molecule has 4 heteroatoms. The van der Waals surface area contributed by atoms with Gasteiger partial charge in [-0.05, 0) is 42.5 Å². The second-order valence-corrected chi connectivity index (χ2v) is 6.44. The summed E-state index contributed by atoms with van der Waals surface area (Å²) in [6.07, 6.45) is 0. The molecule has 3 rings (SSSR count). The molecule has 0 atom stereocenters. The van der Waals surface area contributed by atoms with Gasteiger partial charge in [0.1, 0.15) is 31.2 Å². The third-order valence-electron chi connectivity index (χ3n) is 4.22. The van der Waals surface area contributed by atoms with E-state index in [2.05, 4.69) is 23.5 Å². The fourth-order valence-corrected chi connectivity index (χ4v) is 2.93. The van der Waals surface area contributed by atoms with Crippen LogP contribution in [0.3, 0.4) is 0 Å². The van der Waals surface area contributed by atoms with E-state index in [1.165, 1.54) is 11.1 Å². The summed E-state index contributed by atoms with van der Waals surface area (Å²) in [5, 5.41) is 3.00. The molecule has 0 aliphatic rings. The lowest BCUT2D eigenvalue weighted by Gasteiger charge is -2.12. The van der Waals surface area contributed by atoms with Gasteiger partial charge in [0.2, 0.25) is 0 Å². The Labute approximate surface area is 159 Å². The predicted molar refractivity (Wildman–Crippen MR) is 105 cm³/mol. The number of hydrogen-bond acceptors (Lipinski definition) is 2. The zero-order valence-corrected chi connectivity index (χ0v) is 15.6. The summed E-state index contributed by atoms with van der Waals surface area (Å²) in [5.41, 5.74) is 3.43. The van der Waals surface area contributed by atoms with Gasteiger partial charge in [0.25, 0.3) is 0 Å². The number of methoxy groups -OCH3 is 1. The molecular formula is C22H23ClNO2+. The van der Waals surface area contributed by atoms with Crippen LogP contribution in [0.4, 0.5) is 0 Å². The predicted octanol–water partition coefficient (Wildman–Crippen LogP) is 4.19. The average molecular weight is 369 g/mol. The topological polar surface area (TPSA) is 35.1 Å². The summed E-state index contributed by atoms with van der Waals surface area (Å²) in [5.74, 6) is 1.78. The maximum Gasteiger partial charge on any atom is 0.128 e. The zero-order valence-electron chi connectivity index (χ0n) is 14.8. The number of hydrogen-bond donors (Lipinski definition) is 1. The van der Waals surface area contributed by atoms with Crippen LogP contribution in [0.1, 0.15) is 16.7 Å². The highest BCUT2D eigenvalue weighted by molar-refractivity contribution is 6.31. The van der Waals surface area contributed by atoms with Gasteiger partial charge in [-0.3, -0.25) is 0 Å². The van der Waals surface area contributed by atoms with Gasteiger partial charge in [-0.25, -0.2) is 0 Å². The van der Waals surface area contributed by atoms with Crippen molar-refractivity contribution in [2.45, 2.75) is 19.7 Å². The van der Waals surface area contributed by atoms with E-state index >= 15 is 0 Å². The third-order valence-corrected chi connectivity index (χ3v) is 4.59. The summed E-state index contributed by atoms with van der Waals surface area (Å²) in [6, 6.07) is 24.1. The quantitative estimate of drug-likeness (QED) is 0.647. The van der Waals surface area contributed by atoms with Crippen LogP contribution < -0.4 is 14.8 Å². The number of quaternary nitrogens is 1. The van der Waals surface area contributed by atoms with Crippen molar-refractivity contribution < 1.29 is 14.8 Å². The molecule has 0 bridgehead atoms. The molecule has 134 valence electrons. The monoisotopic (exact) mass is 368 g/mol. The lowest BCUT2D eigenvalue weighted by Crippen LogP contribution is -2.80. The maximum atomic E-state index is 6.21. The van der Waals surface area contributed by atoms with E-state index in [0.29, 0.717) is 6.61 Å². The second-order valence-electron chi connectivity index (χ2n) is 6.03. The molecule has 0 unspecified atom stereocenters. The highest BCUT2D eigenvalue weighted by atomic mass is 35.5. The Morgan fingerprint density at radius 1 is 0.808 bits per heavy atom. The SMILES string of the molecule is COc1ccc(C[NH2+]Cc2ccccc2OCc2ccccc2Cl)cc1. The highest BCUT2D eigenvalue weighted by Crippen LogP contribution is 2.21. The first-order valence-electron chi connectivity index (χ1n) is 8.65. The van der Waals surface area contributed by atoms with Crippen LogP contribution >= 0.6 is 11.6 Å². The summed E-state index contributed by atoms with van der Waals surface area (Å²) in [7, 11) is 1.68. The smallest absolute Gasteiger partial charge is 0.128 e. The molecule has 3 nitrogen and oxygen atoms in total. The van der Waals surface area contributed by atoms with Gasteiger partial charge in [-0.2, -0.15) is 0 Å². The first kappa shape index (κ1) is 18.3. The van der Waals surface area contributed by atoms with E-state index in [9.17, 15) is 0 Å². The zero-order chi connectivity index (χ0) is 18.2. The molecule has 0 amide bonds. The summed E-state index contributed by atoms with van der Waals surface area (Å²) in [4.78, 5) is 0. The molecule has 0 saturated carbocycles. The number of benzene rings is 3. The largest absolute Gasteiger partial charge is 0.497 e. The van der Waals surface area contributed by atoms with Crippen molar-refractivity contribution in [1.29, 1.82) is 0 Å². The van der Waals surface area contributed by atoms with Crippen molar-refractivity contribution in [2.75, 3.05) is 7.11 Å². The van der Waals surface area contributed by atoms with E-state index in [-0.39, 0.29) is 0 Å². The first-order valence-corrected chi connectivity index (χ1v) is 9.03. The molecule has 0 saturated heterocycles. The standard InChI is InChI=1S/C22H22ClNO2/c1-25-20-12-10-17(11-13-20)14-24-15-18-6-3-5-9-22(18)26-16-19-7-2-4-8-21(19)23/h2-13,24H,14-16H2,1H3/p+1. The maximum absolute atomic E-state index is 6.21. The number of ether oxygens (including phenoxy) is 2. The van der Waals surface area contributed by atoms with Crippen molar-refractivity contribution in [2.24, 2.45) is 0 Å². The number of nitrogens with two attached hydrogens (primary N) is 1. The van der Waals surface area contributed by atoms with Gasteiger partial charge in [-0.15, -0.1) is 0 Å². The van der Waals surface area contributed by atoms with Gasteiger partial charge in [0.15, 0.2) is 0 Å². The van der Waals surface area contributed by atoms with Crippen LogP contribution in [0.15, 0.2) is 72.8 Å². The Bertz CT molecular complexity index is 834. The summed E-state index contributed by atoms with van der Waals surface area (Å²) >= 11 is 6.21. The minimum absolute atomic E-state index is 0.467. The van der Waals surface area contributed by atoms with Crippen LogP contribution in [-0.2, 0) is 19.7 Å². The Morgan fingerprint density at radius 3 is 2.23 bits per heavy atom. The van der Waals surface area contributed by atoms with Crippen LogP contribution in [0, 0.1) is 0 Å². The summed E-state index contributed by atoms with van der Waals surface area (Å²) < 4.78 is 11.2. The molecule has 0 aliphatic carbocycles. The molecule has 0 heterocycles. The van der Waals surface area contributed by atoms with Gasteiger partial charge in [0, 0.05) is 21.7 Å². The van der Waals surface area contributed by atoms with Crippen LogP contribution in [0.25, 0.3) is 0 Å². The van der Waals surface area contributed by atoms with Crippen LogP contribution in [-0.4, -0.2) is 7.11 Å². The Kier molecular flexibility index (Phi) is 6.53. The highest BCUT2D eigenvalue weighted by Gasteiger charge is 2.07. The van der Waals surface area contributed by atoms with E-state index < -0.39 is 0 Å². The van der Waals surface area contributed by atoms with Crippen molar-refractivity contribution in [3.8, 4) is 11.5 Å². The molecule has 26 heavy (non-hydrogen) atoms. The van der Waals surface area contributed by atoms with Gasteiger partial charge < -0.3 is 14.8 Å². The van der Waals surface area contributed by atoms with Gasteiger partial charge in [-0.1, -0.05) is 41.9 Å². The van der Waals surface area contributed by atoms with Crippen molar-refractivity contribution >= 4 is 11.6 Å². The lowest BCUT2D eigenvalue weighted by molar-refractivity contribution is -0.686. The van der Waals surface area contributed by atoms with Crippen molar-refractivity contribution in [3.63, 3.8) is 0 Å². The van der Waals surface area contributed by atoms with E-state index in [4.69, 9.17) is 21.1 Å². The normalized spacial score (nSPS) is 10.5. The number of rotatable bonds is 8. The minimum atomic E-state index is 0.467. The van der Waals surface area contributed by atoms with E-state index in [0.717, 1.165) is 35.2 Å². The average Bonchev–Trinajstić information content (AvgIpc) is 2.69. The number of para-hydroxylation sites is 1. The molecule has 0 aliphatic heterocycles. The lowest BCUT2D eigenvalue weighted by atomic mass is 10.1. The van der Waals surface area contributed by atoms with E-state index in [1.54, 1.807) is 7.11 Å². The van der Waals surface area contributed by atoms with Crippen molar-refractivity contribution in [1.82, 2.24) is 0 Å². The molecular weight excluding hydrogens is 346 g/mol. The van der Waals surface area contributed by atoms with Gasteiger partial charge >= 0.3 is 0 Å². The Balaban J connectivity index is 1.57. The molecule has 0 spiro atoms. The Hall–Kier alpha value is -2.49. The van der Waals surface area contributed by atoms with Crippen molar-refractivity contribution in [3.05, 3.63) is 94.5 Å². The van der Waals surface area contributed by atoms with Crippen LogP contribution in [0.2, 0.25) is 5.02 Å². The summed E-state index contributed by atoms with van der Waals surface area (Å²) in [6.45, 7) is 2.22. The molecule has 3 aromatic carbocycles. The van der Waals surface area contributed by atoms with E-state index in [1.807, 2.05) is 54.6 Å².